The number of hydrazone groups is 1. The first-order valence-corrected chi connectivity index (χ1v) is 9.31. The Morgan fingerprint density at radius 3 is 2.71 bits per heavy atom. The zero-order chi connectivity index (χ0) is 22.4. The van der Waals surface area contributed by atoms with Crippen LogP contribution in [0.25, 0.3) is 0 Å². The number of rotatable bonds is 8. The second-order valence-corrected chi connectivity index (χ2v) is 6.71. The molecule has 0 spiro atoms. The molecule has 0 atom stereocenters. The van der Waals surface area contributed by atoms with Crippen molar-refractivity contribution in [1.82, 2.24) is 15.2 Å². The molecule has 0 fully saturated rings. The van der Waals surface area contributed by atoms with Gasteiger partial charge in [0.15, 0.2) is 0 Å². The number of hydrogen-bond acceptors (Lipinski definition) is 6. The van der Waals surface area contributed by atoms with Crippen LogP contribution in [0.2, 0.25) is 0 Å². The third kappa shape index (κ3) is 5.72. The lowest BCUT2D eigenvalue weighted by molar-refractivity contribution is -0.386. The van der Waals surface area contributed by atoms with Gasteiger partial charge in [0.2, 0.25) is 0 Å². The van der Waals surface area contributed by atoms with Crippen molar-refractivity contribution in [2.24, 2.45) is 5.10 Å². The Morgan fingerprint density at radius 1 is 1.29 bits per heavy atom. The van der Waals surface area contributed by atoms with Gasteiger partial charge in [-0.05, 0) is 49.2 Å². The van der Waals surface area contributed by atoms with Gasteiger partial charge < -0.3 is 4.74 Å². The van der Waals surface area contributed by atoms with Crippen LogP contribution in [0.15, 0.2) is 53.6 Å². The molecule has 0 saturated carbocycles. The summed E-state index contributed by atoms with van der Waals surface area (Å²) in [5, 5.41) is 19.0. The molecule has 1 heterocycles. The Bertz CT molecular complexity index is 1130. The van der Waals surface area contributed by atoms with E-state index >= 15 is 0 Å². The summed E-state index contributed by atoms with van der Waals surface area (Å²) in [4.78, 5) is 22.6. The number of nitrogens with one attached hydrogen (secondary N) is 1. The zero-order valence-corrected chi connectivity index (χ0v) is 16.9. The van der Waals surface area contributed by atoms with Gasteiger partial charge in [-0.15, -0.1) is 0 Å². The van der Waals surface area contributed by atoms with Crippen LogP contribution in [0.1, 0.15) is 22.5 Å². The number of carbonyl (C=O) groups is 1. The van der Waals surface area contributed by atoms with Gasteiger partial charge in [0.1, 0.15) is 36.1 Å². The molecule has 2 aromatic carbocycles. The molecule has 0 aliphatic rings. The van der Waals surface area contributed by atoms with E-state index in [1.807, 2.05) is 0 Å². The van der Waals surface area contributed by atoms with Gasteiger partial charge in [-0.2, -0.15) is 10.2 Å². The highest BCUT2D eigenvalue weighted by molar-refractivity contribution is 5.82. The molecule has 3 aromatic rings. The van der Waals surface area contributed by atoms with Crippen molar-refractivity contribution in [2.75, 3.05) is 0 Å². The number of aryl methyl sites for hydroxylation is 1. The molecule has 1 aromatic heterocycles. The first kappa shape index (κ1) is 21.6. The minimum absolute atomic E-state index is 0.103. The van der Waals surface area contributed by atoms with E-state index in [2.05, 4.69) is 15.6 Å². The lowest BCUT2D eigenvalue weighted by Crippen LogP contribution is -2.24. The van der Waals surface area contributed by atoms with Crippen LogP contribution < -0.4 is 10.2 Å². The average Bonchev–Trinajstić information content (AvgIpc) is 3.01. The third-order valence-electron chi connectivity index (χ3n) is 4.40. The fourth-order valence-corrected chi connectivity index (χ4v) is 2.89. The molecule has 0 saturated heterocycles. The number of nitrogens with zero attached hydrogens (tertiary/aromatic N) is 4. The lowest BCUT2D eigenvalue weighted by Gasteiger charge is -2.07. The van der Waals surface area contributed by atoms with Crippen LogP contribution in [-0.4, -0.2) is 26.8 Å². The minimum Gasteiger partial charge on any atom is -0.489 e. The Morgan fingerprint density at radius 2 is 2.03 bits per heavy atom. The van der Waals surface area contributed by atoms with Crippen molar-refractivity contribution in [3.63, 3.8) is 0 Å². The first-order valence-electron chi connectivity index (χ1n) is 9.31. The third-order valence-corrected chi connectivity index (χ3v) is 4.40. The lowest BCUT2D eigenvalue weighted by atomic mass is 10.2. The van der Waals surface area contributed by atoms with E-state index in [1.54, 1.807) is 36.4 Å². The molecule has 31 heavy (non-hydrogen) atoms. The zero-order valence-electron chi connectivity index (χ0n) is 16.9. The molecule has 9 nitrogen and oxygen atoms in total. The Kier molecular flexibility index (Phi) is 6.71. The summed E-state index contributed by atoms with van der Waals surface area (Å²) >= 11 is 0. The van der Waals surface area contributed by atoms with Gasteiger partial charge in [-0.1, -0.05) is 24.3 Å². The SMILES string of the molecule is Cc1nn(CC(=O)N/N=C/c2cccc(OCc3ccc(F)cc3)c2)c(C)c1[N+](=O)[O-]. The summed E-state index contributed by atoms with van der Waals surface area (Å²) in [6.45, 7) is 3.14. The van der Waals surface area contributed by atoms with E-state index in [9.17, 15) is 19.3 Å². The summed E-state index contributed by atoms with van der Waals surface area (Å²) in [5.41, 5.74) is 4.34. The van der Waals surface area contributed by atoms with Crippen LogP contribution in [0.5, 0.6) is 5.75 Å². The molecule has 3 rings (SSSR count). The number of amides is 1. The maximum Gasteiger partial charge on any atom is 0.312 e. The van der Waals surface area contributed by atoms with Gasteiger partial charge in [0.25, 0.3) is 5.91 Å². The summed E-state index contributed by atoms with van der Waals surface area (Å²) in [5.74, 6) is -0.185. The second-order valence-electron chi connectivity index (χ2n) is 6.71. The van der Waals surface area contributed by atoms with Crippen LogP contribution in [0.4, 0.5) is 10.1 Å². The number of nitro groups is 1. The molecule has 0 aliphatic carbocycles. The van der Waals surface area contributed by atoms with Crippen molar-refractivity contribution >= 4 is 17.8 Å². The van der Waals surface area contributed by atoms with E-state index in [0.717, 1.165) is 5.56 Å². The largest absolute Gasteiger partial charge is 0.489 e. The van der Waals surface area contributed by atoms with E-state index in [0.29, 0.717) is 17.0 Å². The molecule has 1 N–H and O–H groups in total. The van der Waals surface area contributed by atoms with Crippen LogP contribution >= 0.6 is 0 Å². The molecule has 0 bridgehead atoms. The number of halogens is 1. The predicted molar refractivity (Wildman–Crippen MR) is 111 cm³/mol. The standard InChI is InChI=1S/C21H20FN5O4/c1-14-21(27(29)30)15(2)26(25-14)12-20(28)24-23-11-17-4-3-5-19(10-17)31-13-16-6-8-18(22)9-7-16/h3-11H,12-13H2,1-2H3,(H,24,28)/b23-11+. The quantitative estimate of drug-likeness (QED) is 0.338. The van der Waals surface area contributed by atoms with E-state index in [4.69, 9.17) is 4.74 Å². The fraction of sp³-hybridized carbons (Fsp3) is 0.190. The summed E-state index contributed by atoms with van der Waals surface area (Å²) in [6.07, 6.45) is 1.45. The number of carbonyl (C=O) groups excluding carboxylic acids is 1. The Labute approximate surface area is 177 Å². The number of ether oxygens (including phenoxy) is 1. The van der Waals surface area contributed by atoms with Crippen LogP contribution in [0, 0.1) is 29.8 Å². The molecular weight excluding hydrogens is 405 g/mol. The molecule has 0 unspecified atom stereocenters. The predicted octanol–water partition coefficient (Wildman–Crippen LogP) is 3.28. The van der Waals surface area contributed by atoms with Crippen molar-refractivity contribution in [1.29, 1.82) is 0 Å². The topological polar surface area (TPSA) is 112 Å². The van der Waals surface area contributed by atoms with Gasteiger partial charge in [0, 0.05) is 0 Å². The normalized spacial score (nSPS) is 10.9. The van der Waals surface area contributed by atoms with Crippen LogP contribution in [-0.2, 0) is 17.9 Å². The average molecular weight is 425 g/mol. The summed E-state index contributed by atoms with van der Waals surface area (Å²) in [7, 11) is 0. The highest BCUT2D eigenvalue weighted by atomic mass is 19.1. The molecule has 0 radical (unpaired) electrons. The van der Waals surface area contributed by atoms with E-state index in [1.165, 1.54) is 36.9 Å². The van der Waals surface area contributed by atoms with E-state index < -0.39 is 10.8 Å². The van der Waals surface area contributed by atoms with Gasteiger partial charge in [-0.25, -0.2) is 9.82 Å². The Hall–Kier alpha value is -4.08. The fourth-order valence-electron chi connectivity index (χ4n) is 2.89. The maximum absolute atomic E-state index is 13.0. The summed E-state index contributed by atoms with van der Waals surface area (Å²) in [6, 6.07) is 13.1. The monoisotopic (exact) mass is 425 g/mol. The van der Waals surface area contributed by atoms with Gasteiger partial charge in [-0.3, -0.25) is 19.6 Å². The number of hydrogen-bond donors (Lipinski definition) is 1. The second kappa shape index (κ2) is 9.61. The van der Waals surface area contributed by atoms with Crippen molar-refractivity contribution in [3.8, 4) is 5.75 Å². The smallest absolute Gasteiger partial charge is 0.312 e. The minimum atomic E-state index is -0.518. The molecule has 0 aliphatic heterocycles. The first-order chi connectivity index (χ1) is 14.8. The van der Waals surface area contributed by atoms with E-state index in [-0.39, 0.29) is 30.4 Å². The number of aromatic nitrogens is 2. The van der Waals surface area contributed by atoms with Crippen molar-refractivity contribution in [3.05, 3.63) is 87.0 Å². The molecule has 1 amide bonds. The molecular formula is C21H20FN5O4. The molecule has 160 valence electrons. The Balaban J connectivity index is 1.55. The van der Waals surface area contributed by atoms with Gasteiger partial charge in [0.05, 0.1) is 11.1 Å². The maximum atomic E-state index is 13.0. The van der Waals surface area contributed by atoms with Crippen molar-refractivity contribution < 1.29 is 18.8 Å². The summed E-state index contributed by atoms with van der Waals surface area (Å²) < 4.78 is 19.9. The van der Waals surface area contributed by atoms with Crippen molar-refractivity contribution in [2.45, 2.75) is 27.0 Å². The molecule has 10 heteroatoms. The van der Waals surface area contributed by atoms with Gasteiger partial charge >= 0.3 is 5.69 Å². The highest BCUT2D eigenvalue weighted by Crippen LogP contribution is 2.21. The number of benzene rings is 2. The highest BCUT2D eigenvalue weighted by Gasteiger charge is 2.22. The van der Waals surface area contributed by atoms with Crippen LogP contribution in [0.3, 0.4) is 0 Å².